The molecule has 0 unspecified atom stereocenters. The van der Waals surface area contributed by atoms with E-state index in [4.69, 9.17) is 13.9 Å². The molecule has 0 aliphatic rings. The Kier molecular flexibility index (Phi) is 3.90. The Morgan fingerprint density at radius 2 is 1.79 bits per heavy atom. The van der Waals surface area contributed by atoms with Crippen molar-refractivity contribution < 1.29 is 18.7 Å². The van der Waals surface area contributed by atoms with Crippen molar-refractivity contribution in [1.29, 1.82) is 0 Å². The van der Waals surface area contributed by atoms with Crippen molar-refractivity contribution in [3.8, 4) is 11.5 Å². The van der Waals surface area contributed by atoms with Crippen LogP contribution in [0.1, 0.15) is 28.6 Å². The Labute approximate surface area is 111 Å². The molecule has 0 saturated carbocycles. The summed E-state index contributed by atoms with van der Waals surface area (Å²) in [6, 6.07) is 6.93. The minimum atomic E-state index is -0.153. The van der Waals surface area contributed by atoms with Crippen LogP contribution in [0.2, 0.25) is 0 Å². The second-order valence-electron chi connectivity index (χ2n) is 3.98. The Balaban J connectivity index is 2.55. The zero-order chi connectivity index (χ0) is 13.8. The molecule has 4 nitrogen and oxygen atoms in total. The van der Waals surface area contributed by atoms with E-state index >= 15 is 0 Å². The predicted octanol–water partition coefficient (Wildman–Crippen LogP) is 3.09. The minimum Gasteiger partial charge on any atom is -0.496 e. The van der Waals surface area contributed by atoms with Crippen LogP contribution in [0.25, 0.3) is 0 Å². The van der Waals surface area contributed by atoms with Gasteiger partial charge in [-0.25, -0.2) is 0 Å². The normalized spacial score (nSPS) is 10.3. The van der Waals surface area contributed by atoms with Crippen molar-refractivity contribution in [3.63, 3.8) is 0 Å². The van der Waals surface area contributed by atoms with Gasteiger partial charge in [0.25, 0.3) is 0 Å². The van der Waals surface area contributed by atoms with Gasteiger partial charge in [-0.1, -0.05) is 13.0 Å². The van der Waals surface area contributed by atoms with Crippen molar-refractivity contribution >= 4 is 5.78 Å². The van der Waals surface area contributed by atoms with Gasteiger partial charge in [-0.15, -0.1) is 0 Å². The highest BCUT2D eigenvalue weighted by molar-refractivity contribution is 6.13. The first-order chi connectivity index (χ1) is 9.22. The molecule has 100 valence electrons. The molecule has 0 fully saturated rings. The summed E-state index contributed by atoms with van der Waals surface area (Å²) >= 11 is 0. The minimum absolute atomic E-state index is 0.153. The standard InChI is InChI=1S/C15H16O4/c1-4-11-10(8-9-19-11)15(16)14-12(17-2)6-5-7-13(14)18-3/h5-9H,4H2,1-3H3. The third-order valence-electron chi connectivity index (χ3n) is 2.97. The molecule has 0 spiro atoms. The molecule has 1 aromatic heterocycles. The molecule has 2 rings (SSSR count). The lowest BCUT2D eigenvalue weighted by Crippen LogP contribution is -2.07. The van der Waals surface area contributed by atoms with Crippen LogP contribution in [0.15, 0.2) is 34.9 Å². The van der Waals surface area contributed by atoms with E-state index in [9.17, 15) is 4.79 Å². The Hall–Kier alpha value is -2.23. The number of hydrogen-bond acceptors (Lipinski definition) is 4. The van der Waals surface area contributed by atoms with E-state index in [1.165, 1.54) is 20.5 Å². The number of carbonyl (C=O) groups is 1. The number of ketones is 1. The number of rotatable bonds is 5. The van der Waals surface area contributed by atoms with E-state index in [2.05, 4.69) is 0 Å². The van der Waals surface area contributed by atoms with Crippen molar-refractivity contribution in [2.45, 2.75) is 13.3 Å². The summed E-state index contributed by atoms with van der Waals surface area (Å²) in [4.78, 5) is 12.6. The maximum Gasteiger partial charge on any atom is 0.204 e. The van der Waals surface area contributed by atoms with Gasteiger partial charge in [-0.2, -0.15) is 0 Å². The van der Waals surface area contributed by atoms with E-state index < -0.39 is 0 Å². The van der Waals surface area contributed by atoms with E-state index in [-0.39, 0.29) is 5.78 Å². The zero-order valence-electron chi connectivity index (χ0n) is 11.2. The van der Waals surface area contributed by atoms with Crippen molar-refractivity contribution in [2.75, 3.05) is 14.2 Å². The van der Waals surface area contributed by atoms with Crippen LogP contribution in [-0.2, 0) is 6.42 Å². The molecule has 0 saturated heterocycles. The molecule has 1 aromatic carbocycles. The lowest BCUT2D eigenvalue weighted by atomic mass is 10.0. The molecular weight excluding hydrogens is 244 g/mol. The first-order valence-electron chi connectivity index (χ1n) is 6.05. The summed E-state index contributed by atoms with van der Waals surface area (Å²) < 4.78 is 15.8. The molecule has 19 heavy (non-hydrogen) atoms. The fraction of sp³-hybridized carbons (Fsp3) is 0.267. The topological polar surface area (TPSA) is 48.7 Å². The van der Waals surface area contributed by atoms with Gasteiger partial charge in [0.05, 0.1) is 26.0 Å². The molecule has 0 radical (unpaired) electrons. The largest absolute Gasteiger partial charge is 0.496 e. The summed E-state index contributed by atoms with van der Waals surface area (Å²) in [6.07, 6.45) is 2.18. The van der Waals surface area contributed by atoms with E-state index in [1.54, 1.807) is 24.3 Å². The molecule has 1 heterocycles. The average molecular weight is 260 g/mol. The van der Waals surface area contributed by atoms with Gasteiger partial charge in [-0.3, -0.25) is 4.79 Å². The van der Waals surface area contributed by atoms with Crippen LogP contribution in [0.4, 0.5) is 0 Å². The van der Waals surface area contributed by atoms with Crippen molar-refractivity contribution in [3.05, 3.63) is 47.4 Å². The van der Waals surface area contributed by atoms with Crippen LogP contribution in [-0.4, -0.2) is 20.0 Å². The van der Waals surface area contributed by atoms with E-state index in [1.807, 2.05) is 6.92 Å². The van der Waals surface area contributed by atoms with Gasteiger partial charge >= 0.3 is 0 Å². The molecule has 0 amide bonds. The summed E-state index contributed by atoms with van der Waals surface area (Å²) in [6.45, 7) is 1.94. The highest BCUT2D eigenvalue weighted by Gasteiger charge is 2.23. The van der Waals surface area contributed by atoms with Crippen LogP contribution in [0, 0.1) is 0 Å². The number of carbonyl (C=O) groups excluding carboxylic acids is 1. The Bertz CT molecular complexity index is 561. The molecule has 0 aliphatic heterocycles. The van der Waals surface area contributed by atoms with E-state index in [0.717, 1.165) is 0 Å². The SMILES string of the molecule is CCc1occc1C(=O)c1c(OC)cccc1OC. The fourth-order valence-corrected chi connectivity index (χ4v) is 2.03. The molecule has 0 N–H and O–H groups in total. The number of ether oxygens (including phenoxy) is 2. The van der Waals surface area contributed by atoms with Gasteiger partial charge in [0.15, 0.2) is 0 Å². The summed E-state index contributed by atoms with van der Waals surface area (Å²) in [5.74, 6) is 1.50. The van der Waals surface area contributed by atoms with Gasteiger partial charge in [-0.05, 0) is 18.2 Å². The third kappa shape index (κ3) is 2.34. The molecule has 0 atom stereocenters. The van der Waals surface area contributed by atoms with Crippen LogP contribution in [0.3, 0.4) is 0 Å². The second-order valence-corrected chi connectivity index (χ2v) is 3.98. The first kappa shape index (κ1) is 13.2. The number of aryl methyl sites for hydroxylation is 1. The van der Waals surface area contributed by atoms with Crippen molar-refractivity contribution in [1.82, 2.24) is 0 Å². The smallest absolute Gasteiger partial charge is 0.204 e. The molecule has 2 aromatic rings. The third-order valence-corrected chi connectivity index (χ3v) is 2.97. The summed E-state index contributed by atoms with van der Waals surface area (Å²) in [5.41, 5.74) is 0.967. The predicted molar refractivity (Wildman–Crippen MR) is 71.1 cm³/mol. The number of methoxy groups -OCH3 is 2. The van der Waals surface area contributed by atoms with Gasteiger partial charge in [0.2, 0.25) is 5.78 Å². The van der Waals surface area contributed by atoms with Gasteiger partial charge in [0, 0.05) is 6.42 Å². The first-order valence-corrected chi connectivity index (χ1v) is 6.05. The van der Waals surface area contributed by atoms with Crippen LogP contribution >= 0.6 is 0 Å². The molecule has 0 bridgehead atoms. The maximum atomic E-state index is 12.6. The maximum absolute atomic E-state index is 12.6. The highest BCUT2D eigenvalue weighted by Crippen LogP contribution is 2.31. The van der Waals surface area contributed by atoms with Crippen LogP contribution in [0.5, 0.6) is 11.5 Å². The zero-order valence-corrected chi connectivity index (χ0v) is 11.2. The average Bonchev–Trinajstić information content (AvgIpc) is 2.93. The van der Waals surface area contributed by atoms with Gasteiger partial charge < -0.3 is 13.9 Å². The Morgan fingerprint density at radius 3 is 2.32 bits per heavy atom. The molecule has 0 aliphatic carbocycles. The number of hydrogen-bond donors (Lipinski definition) is 0. The van der Waals surface area contributed by atoms with Crippen LogP contribution < -0.4 is 9.47 Å². The monoisotopic (exact) mass is 260 g/mol. The quantitative estimate of drug-likeness (QED) is 0.775. The van der Waals surface area contributed by atoms with E-state index in [0.29, 0.717) is 34.8 Å². The highest BCUT2D eigenvalue weighted by atomic mass is 16.5. The number of furan rings is 1. The second kappa shape index (κ2) is 5.61. The fourth-order valence-electron chi connectivity index (χ4n) is 2.03. The summed E-state index contributed by atoms with van der Waals surface area (Å²) in [5, 5.41) is 0. The molecular formula is C15H16O4. The lowest BCUT2D eigenvalue weighted by Gasteiger charge is -2.11. The summed E-state index contributed by atoms with van der Waals surface area (Å²) in [7, 11) is 3.06. The Morgan fingerprint density at radius 1 is 1.16 bits per heavy atom. The number of benzene rings is 1. The molecule has 4 heteroatoms. The van der Waals surface area contributed by atoms with Gasteiger partial charge in [0.1, 0.15) is 22.8 Å². The van der Waals surface area contributed by atoms with Crippen molar-refractivity contribution in [2.24, 2.45) is 0 Å². The lowest BCUT2D eigenvalue weighted by molar-refractivity contribution is 0.103.